The molecule has 0 unspecified atom stereocenters. The van der Waals surface area contributed by atoms with Crippen molar-refractivity contribution in [2.45, 2.75) is 206 Å². The van der Waals surface area contributed by atoms with E-state index in [4.69, 9.17) is 0 Å². The van der Waals surface area contributed by atoms with Gasteiger partial charge in [0.15, 0.2) is 22.8 Å². The number of H-pyrrole nitrogens is 4. The number of nitrogens with zero attached hydrogens (tertiary/aromatic N) is 12. The van der Waals surface area contributed by atoms with Crippen LogP contribution >= 0.6 is 0 Å². The van der Waals surface area contributed by atoms with Crippen molar-refractivity contribution in [3.8, 4) is 0 Å². The highest BCUT2D eigenvalue weighted by molar-refractivity contribution is 7.89. The summed E-state index contributed by atoms with van der Waals surface area (Å²) in [4.78, 5) is 89.4. The number of aromatic amines is 4. The minimum atomic E-state index is -4.41. The molecule has 16 rings (SSSR count). The van der Waals surface area contributed by atoms with Crippen molar-refractivity contribution >= 4 is 45.5 Å². The molecule has 125 heavy (non-hydrogen) atoms. The third-order valence-electron chi connectivity index (χ3n) is 25.4. The molecular formula is C88H104F12N16O8S. The van der Waals surface area contributed by atoms with E-state index in [2.05, 4.69) is 59.5 Å². The maximum atomic E-state index is 13.4. The van der Waals surface area contributed by atoms with E-state index in [9.17, 15) is 89.9 Å². The van der Waals surface area contributed by atoms with Crippen LogP contribution in [0, 0.1) is 5.92 Å². The van der Waals surface area contributed by atoms with E-state index in [0.717, 1.165) is 76.7 Å². The predicted molar refractivity (Wildman–Crippen MR) is 438 cm³/mol. The molecule has 37 heteroatoms. The van der Waals surface area contributed by atoms with Gasteiger partial charge in [-0.15, -0.1) is 0 Å². The van der Waals surface area contributed by atoms with Crippen LogP contribution in [0.2, 0.25) is 0 Å². The second kappa shape index (κ2) is 38.4. The average Bonchev–Trinajstić information content (AvgIpc) is 1.65. The lowest BCUT2D eigenvalue weighted by atomic mass is 9.86. The van der Waals surface area contributed by atoms with Gasteiger partial charge in [0.2, 0.25) is 21.8 Å². The van der Waals surface area contributed by atoms with Crippen LogP contribution in [0.5, 0.6) is 0 Å². The second-order valence-corrected chi connectivity index (χ2v) is 35.9. The van der Waals surface area contributed by atoms with Crippen molar-refractivity contribution in [2.24, 2.45) is 5.92 Å². The van der Waals surface area contributed by atoms with Gasteiger partial charge in [0, 0.05) is 194 Å². The molecule has 24 nitrogen and oxygen atoms in total. The monoisotopic (exact) mass is 1770 g/mol. The van der Waals surface area contributed by atoms with E-state index < -0.39 is 57.0 Å². The Morgan fingerprint density at radius 2 is 0.640 bits per heavy atom. The third kappa shape index (κ3) is 20.8. The van der Waals surface area contributed by atoms with Crippen molar-refractivity contribution in [1.29, 1.82) is 0 Å². The lowest BCUT2D eigenvalue weighted by molar-refractivity contribution is -0.139. The highest BCUT2D eigenvalue weighted by Gasteiger charge is 2.44. The fourth-order valence-corrected chi connectivity index (χ4v) is 19.4. The fraction of sp³-hybridized carbons (Fsp3) is 0.523. The van der Waals surface area contributed by atoms with Gasteiger partial charge < -0.3 is 29.4 Å². The summed E-state index contributed by atoms with van der Waals surface area (Å²) in [6.07, 6.45) is -10.9. The molecule has 0 spiro atoms. The summed E-state index contributed by atoms with van der Waals surface area (Å²) >= 11 is 0. The van der Waals surface area contributed by atoms with Crippen LogP contribution < -0.4 is 0 Å². The summed E-state index contributed by atoms with van der Waals surface area (Å²) in [7, 11) is -3.39. The first-order valence-corrected chi connectivity index (χ1v) is 44.3. The minimum absolute atomic E-state index is 0.0175. The van der Waals surface area contributed by atoms with Crippen LogP contribution in [0.3, 0.4) is 0 Å². The number of hydrogen-bond acceptors (Lipinski definition) is 13. The normalized spacial score (nSPS) is 18.1. The zero-order valence-corrected chi connectivity index (χ0v) is 71.3. The number of amides is 6. The number of likely N-dealkylation sites (tertiary alicyclic amines) is 4. The molecule has 0 bridgehead atoms. The van der Waals surface area contributed by atoms with Crippen LogP contribution in [-0.4, -0.2) is 214 Å². The molecule has 674 valence electrons. The van der Waals surface area contributed by atoms with Crippen molar-refractivity contribution in [3.63, 3.8) is 0 Å². The van der Waals surface area contributed by atoms with Crippen molar-refractivity contribution < 1.29 is 89.9 Å². The Kier molecular flexibility index (Phi) is 28.3. The molecule has 4 saturated heterocycles. The third-order valence-corrected chi connectivity index (χ3v) is 27.3. The van der Waals surface area contributed by atoms with Gasteiger partial charge in [-0.2, -0.15) is 77.4 Å². The van der Waals surface area contributed by atoms with Crippen LogP contribution in [0.1, 0.15) is 254 Å². The Morgan fingerprint density at radius 1 is 0.368 bits per heavy atom. The van der Waals surface area contributed by atoms with E-state index in [-0.39, 0.29) is 88.6 Å². The summed E-state index contributed by atoms with van der Waals surface area (Å²) in [5.41, 5.74) is 6.68. The number of aromatic nitrogens is 8. The first-order valence-electron chi connectivity index (χ1n) is 42.7. The standard InChI is InChI=1S/C23H27F3N4O2.C22H25F3N4O2.C22H27F3N4O.C21H25F3N4O3S/c1-14(2)21(31)30-12-9-19-17(13-30)20(28-27-19)22(32)29-10-7-15(8-11-29)16-5-3-4-6-18(16)23(24,25)26;1-2-19(30)29-12-9-18-16(13-29)20(27-26-18)21(31)28-10-7-14(8-11-28)15-5-3-4-6-17(15)22(23,24)25;1-14(2)29-12-9-19-17(13-29)20(27-26-19)21(30)28-10-7-15(8-11-28)16-5-3-4-6-18(16)22(23,24)25;1-2-32(30,31)28-12-9-18-16(13-28)19(26-25-18)20(29)27-10-7-14(8-11-27)15-5-3-4-6-17(15)21(22,23)24/h3-6,14-15H,7-13H2,1-2H3,(H,27,28);3-6,14H,2,7-13H2,1H3,(H,26,27);3-6,14-15H,7-13H2,1-2H3,(H,26,27);3-6,14H,2,7-13H2,1H3,(H,25,26). The number of carbonyl (C=O) groups is 6. The fourth-order valence-electron chi connectivity index (χ4n) is 18.4. The van der Waals surface area contributed by atoms with Gasteiger partial charge in [0.1, 0.15) is 0 Å². The number of fused-ring (bicyclic) bond motifs is 4. The Labute approximate surface area is 716 Å². The number of hydrogen-bond donors (Lipinski definition) is 4. The van der Waals surface area contributed by atoms with Crippen LogP contribution in [-0.2, 0) is 96.2 Å². The van der Waals surface area contributed by atoms with E-state index >= 15 is 0 Å². The van der Waals surface area contributed by atoms with Crippen LogP contribution in [0.4, 0.5) is 52.7 Å². The molecule has 6 amide bonds. The Balaban J connectivity index is 0.000000143. The first-order chi connectivity index (χ1) is 59.3. The largest absolute Gasteiger partial charge is 0.416 e. The molecule has 4 N–H and O–H groups in total. The van der Waals surface area contributed by atoms with Crippen LogP contribution in [0.25, 0.3) is 0 Å². The maximum Gasteiger partial charge on any atom is 0.416 e. The molecule has 8 aromatic rings. The van der Waals surface area contributed by atoms with Crippen molar-refractivity contribution in [2.75, 3.05) is 84.3 Å². The van der Waals surface area contributed by atoms with Gasteiger partial charge in [0.05, 0.1) is 28.0 Å². The van der Waals surface area contributed by atoms with Gasteiger partial charge in [-0.1, -0.05) is 93.6 Å². The molecule has 8 aliphatic rings. The number of rotatable bonds is 13. The molecule has 4 aromatic carbocycles. The van der Waals surface area contributed by atoms with Gasteiger partial charge in [-0.05, 0) is 142 Å². The highest BCUT2D eigenvalue weighted by Crippen LogP contribution is 2.45. The first kappa shape index (κ1) is 92.2. The van der Waals surface area contributed by atoms with Crippen molar-refractivity contribution in [3.05, 3.63) is 209 Å². The summed E-state index contributed by atoms with van der Waals surface area (Å²) in [6, 6.07) is 23.1. The summed E-state index contributed by atoms with van der Waals surface area (Å²) in [5.74, 6) is -1.94. The number of piperidine rings is 4. The zero-order chi connectivity index (χ0) is 89.8. The van der Waals surface area contributed by atoms with E-state index in [0.29, 0.717) is 214 Å². The smallest absolute Gasteiger partial charge is 0.338 e. The van der Waals surface area contributed by atoms with Gasteiger partial charge >= 0.3 is 24.7 Å². The molecule has 0 aliphatic carbocycles. The number of nitrogens with one attached hydrogen (secondary N) is 4. The Morgan fingerprint density at radius 3 is 0.928 bits per heavy atom. The lowest BCUT2D eigenvalue weighted by Crippen LogP contribution is -2.41. The minimum Gasteiger partial charge on any atom is -0.338 e. The average molecular weight is 1770 g/mol. The number of benzene rings is 4. The lowest BCUT2D eigenvalue weighted by Gasteiger charge is -2.34. The maximum absolute atomic E-state index is 13.4. The molecule has 8 aliphatic heterocycles. The number of sulfonamides is 1. The van der Waals surface area contributed by atoms with E-state index in [1.54, 1.807) is 73.6 Å². The van der Waals surface area contributed by atoms with Gasteiger partial charge in [-0.3, -0.25) is 54.1 Å². The number of carbonyl (C=O) groups excluding carboxylic acids is 6. The molecule has 4 fully saturated rings. The number of halogens is 12. The van der Waals surface area contributed by atoms with E-state index in [1.165, 1.54) is 46.8 Å². The molecule has 12 heterocycles. The second-order valence-electron chi connectivity index (χ2n) is 33.6. The molecular weight excluding hydrogens is 1670 g/mol. The van der Waals surface area contributed by atoms with Crippen LogP contribution in [0.15, 0.2) is 97.1 Å². The molecule has 0 atom stereocenters. The Hall–Kier alpha value is -10.4. The number of alkyl halides is 12. The quantitative estimate of drug-likeness (QED) is 0.0783. The van der Waals surface area contributed by atoms with E-state index in [1.807, 2.05) is 13.8 Å². The highest BCUT2D eigenvalue weighted by atomic mass is 32.2. The SMILES string of the molecule is CC(C)C(=O)N1CCc2[nH]nc(C(=O)N3CCC(c4ccccc4C(F)(F)F)CC3)c2C1.CC(C)N1CCc2[nH]nc(C(=O)N3CCC(c4ccccc4C(F)(F)F)CC3)c2C1.CCC(=O)N1CCc2[nH]nc(C(=O)N3CCC(c4ccccc4C(F)(F)F)CC3)c2C1.CCS(=O)(=O)N1CCc2[nH]nc(C(=O)N3CCC(c4ccccc4C(F)(F)F)CC3)c2C1. The molecule has 0 radical (unpaired) electrons. The van der Waals surface area contributed by atoms with Gasteiger partial charge in [-0.25, -0.2) is 8.42 Å². The topological polar surface area (TPSA) is 277 Å². The summed E-state index contributed by atoms with van der Waals surface area (Å²) in [6.45, 7) is 18.3. The van der Waals surface area contributed by atoms with Crippen molar-refractivity contribution in [1.82, 2.24) is 79.4 Å². The molecule has 0 saturated carbocycles. The molecule has 4 aromatic heterocycles. The summed E-state index contributed by atoms with van der Waals surface area (Å²) in [5, 5.41) is 28.6. The summed E-state index contributed by atoms with van der Waals surface area (Å²) < 4.78 is 186. The Bertz CT molecular complexity index is 5290. The predicted octanol–water partition coefficient (Wildman–Crippen LogP) is 15.1. The zero-order valence-electron chi connectivity index (χ0n) is 70.5. The van der Waals surface area contributed by atoms with Gasteiger partial charge in [0.25, 0.3) is 23.6 Å².